The lowest BCUT2D eigenvalue weighted by molar-refractivity contribution is -0.870. The van der Waals surface area contributed by atoms with Gasteiger partial charge in [0.1, 0.15) is 19.8 Å². The fraction of sp³-hybridized carbons (Fsp3) is 0.885. The zero-order valence-corrected chi connectivity index (χ0v) is 42.2. The van der Waals surface area contributed by atoms with Crippen LogP contribution < -0.4 is 4.89 Å². The topological polar surface area (TPSA) is 111 Å². The van der Waals surface area contributed by atoms with Gasteiger partial charge in [-0.3, -0.25) is 14.2 Å². The van der Waals surface area contributed by atoms with E-state index in [2.05, 4.69) is 38.2 Å². The van der Waals surface area contributed by atoms with Gasteiger partial charge in [-0.2, -0.15) is 0 Å². The third kappa shape index (κ3) is 48.0. The predicted molar refractivity (Wildman–Crippen MR) is 259 cm³/mol. The molecule has 62 heavy (non-hydrogen) atoms. The Morgan fingerprint density at radius 1 is 0.500 bits per heavy atom. The third-order valence-corrected chi connectivity index (χ3v) is 12.4. The van der Waals surface area contributed by atoms with Gasteiger partial charge in [0.05, 0.1) is 27.7 Å². The largest absolute Gasteiger partial charge is 0.756 e. The molecule has 10 heteroatoms. The first-order valence-electron chi connectivity index (χ1n) is 26.0. The Kier molecular flexibility index (Phi) is 43.6. The molecule has 2 atom stereocenters. The molecule has 0 rings (SSSR count). The Morgan fingerprint density at radius 3 is 1.27 bits per heavy atom. The van der Waals surface area contributed by atoms with Crippen molar-refractivity contribution in [1.29, 1.82) is 0 Å². The average Bonchev–Trinajstić information content (AvgIpc) is 3.23. The minimum absolute atomic E-state index is 0.0281. The van der Waals surface area contributed by atoms with Crippen molar-refractivity contribution in [2.45, 2.75) is 251 Å². The second kappa shape index (κ2) is 44.7. The fourth-order valence-electron chi connectivity index (χ4n) is 7.39. The number of quaternary nitrogens is 1. The molecule has 0 aromatic carbocycles. The predicted octanol–water partition coefficient (Wildman–Crippen LogP) is 14.8. The summed E-state index contributed by atoms with van der Waals surface area (Å²) in [5, 5.41) is 0. The molecular formula is C52H100NO8P. The number of phosphoric acid groups is 1. The van der Waals surface area contributed by atoms with Gasteiger partial charge in [-0.25, -0.2) is 0 Å². The second-order valence-electron chi connectivity index (χ2n) is 18.9. The van der Waals surface area contributed by atoms with Crippen LogP contribution in [0.5, 0.6) is 0 Å². The smallest absolute Gasteiger partial charge is 0.306 e. The molecule has 366 valence electrons. The minimum atomic E-state index is -4.62. The van der Waals surface area contributed by atoms with Crippen molar-refractivity contribution >= 4 is 19.8 Å². The number of carbonyl (C=O) groups is 2. The molecule has 0 fully saturated rings. The lowest BCUT2D eigenvalue weighted by Crippen LogP contribution is -2.37. The molecule has 0 saturated carbocycles. The van der Waals surface area contributed by atoms with Gasteiger partial charge in [-0.05, 0) is 44.9 Å². The van der Waals surface area contributed by atoms with E-state index in [1.165, 1.54) is 173 Å². The van der Waals surface area contributed by atoms with Crippen molar-refractivity contribution in [3.8, 4) is 0 Å². The van der Waals surface area contributed by atoms with Gasteiger partial charge in [0.25, 0.3) is 7.82 Å². The average molecular weight is 898 g/mol. The van der Waals surface area contributed by atoms with Crippen molar-refractivity contribution in [2.75, 3.05) is 47.5 Å². The van der Waals surface area contributed by atoms with E-state index in [1.54, 1.807) is 0 Å². The van der Waals surface area contributed by atoms with Crippen LogP contribution in [-0.4, -0.2) is 70.0 Å². The highest BCUT2D eigenvalue weighted by Crippen LogP contribution is 2.38. The minimum Gasteiger partial charge on any atom is -0.756 e. The Bertz CT molecular complexity index is 1110. The second-order valence-corrected chi connectivity index (χ2v) is 20.3. The molecular weight excluding hydrogens is 798 g/mol. The lowest BCUT2D eigenvalue weighted by atomic mass is 10.0. The number of likely N-dealkylation sites (N-methyl/N-ethyl adjacent to an activating group) is 1. The number of esters is 2. The highest BCUT2D eigenvalue weighted by atomic mass is 31.2. The lowest BCUT2D eigenvalue weighted by Gasteiger charge is -2.28. The van der Waals surface area contributed by atoms with E-state index >= 15 is 0 Å². The van der Waals surface area contributed by atoms with E-state index in [9.17, 15) is 19.0 Å². The molecule has 0 amide bonds. The summed E-state index contributed by atoms with van der Waals surface area (Å²) in [6, 6.07) is 0. The van der Waals surface area contributed by atoms with Crippen molar-refractivity contribution in [1.82, 2.24) is 0 Å². The summed E-state index contributed by atoms with van der Waals surface area (Å²) in [5.41, 5.74) is 0. The zero-order valence-electron chi connectivity index (χ0n) is 41.3. The van der Waals surface area contributed by atoms with Gasteiger partial charge in [-0.15, -0.1) is 0 Å². The molecule has 0 heterocycles. The van der Waals surface area contributed by atoms with E-state index in [-0.39, 0.29) is 32.0 Å². The van der Waals surface area contributed by atoms with Crippen LogP contribution in [0, 0.1) is 0 Å². The number of hydrogen-bond acceptors (Lipinski definition) is 8. The summed E-state index contributed by atoms with van der Waals surface area (Å²) < 4.78 is 34.0. The van der Waals surface area contributed by atoms with E-state index in [0.717, 1.165) is 38.5 Å². The Hall–Kier alpha value is -1.51. The molecule has 2 unspecified atom stereocenters. The van der Waals surface area contributed by atoms with E-state index in [0.29, 0.717) is 17.4 Å². The van der Waals surface area contributed by atoms with Gasteiger partial charge in [0.2, 0.25) is 0 Å². The monoisotopic (exact) mass is 898 g/mol. The van der Waals surface area contributed by atoms with Crippen molar-refractivity contribution in [3.63, 3.8) is 0 Å². The molecule has 0 radical (unpaired) electrons. The summed E-state index contributed by atoms with van der Waals surface area (Å²) in [6.45, 7) is 4.24. The molecule has 0 bridgehead atoms. The quantitative estimate of drug-likeness (QED) is 0.0195. The van der Waals surface area contributed by atoms with Crippen molar-refractivity contribution in [2.24, 2.45) is 0 Å². The van der Waals surface area contributed by atoms with Crippen LogP contribution in [-0.2, 0) is 32.7 Å². The van der Waals surface area contributed by atoms with E-state index in [1.807, 2.05) is 21.1 Å². The van der Waals surface area contributed by atoms with Gasteiger partial charge in [-0.1, -0.05) is 212 Å². The summed E-state index contributed by atoms with van der Waals surface area (Å²) in [4.78, 5) is 37.6. The van der Waals surface area contributed by atoms with Gasteiger partial charge < -0.3 is 27.9 Å². The maximum atomic E-state index is 12.7. The number of carbonyl (C=O) groups excluding carboxylic acids is 2. The van der Waals surface area contributed by atoms with Crippen molar-refractivity contribution < 1.29 is 42.1 Å². The summed E-state index contributed by atoms with van der Waals surface area (Å²) in [5.74, 6) is -0.824. The molecule has 0 saturated heterocycles. The number of unbranched alkanes of at least 4 members (excludes halogenated alkanes) is 30. The maximum absolute atomic E-state index is 12.7. The highest BCUT2D eigenvalue weighted by Gasteiger charge is 2.21. The first-order valence-corrected chi connectivity index (χ1v) is 27.5. The van der Waals surface area contributed by atoms with E-state index < -0.39 is 26.5 Å². The fourth-order valence-corrected chi connectivity index (χ4v) is 8.12. The van der Waals surface area contributed by atoms with Crippen LogP contribution in [0.1, 0.15) is 245 Å². The zero-order chi connectivity index (χ0) is 45.7. The Balaban J connectivity index is 4.09. The Labute approximate surface area is 383 Å². The number of ether oxygens (including phenoxy) is 2. The van der Waals surface area contributed by atoms with Crippen LogP contribution in [0.4, 0.5) is 0 Å². The normalized spacial score (nSPS) is 13.6. The number of allylic oxidation sites excluding steroid dienone is 4. The van der Waals surface area contributed by atoms with Crippen molar-refractivity contribution in [3.05, 3.63) is 24.3 Å². The summed E-state index contributed by atoms with van der Waals surface area (Å²) >= 11 is 0. The Morgan fingerprint density at radius 2 is 0.871 bits per heavy atom. The molecule has 0 aliphatic heterocycles. The van der Waals surface area contributed by atoms with Crippen LogP contribution in [0.2, 0.25) is 0 Å². The molecule has 0 aromatic heterocycles. The highest BCUT2D eigenvalue weighted by molar-refractivity contribution is 7.45. The molecule has 0 spiro atoms. The SMILES string of the molecule is CCCCCCC/C=C\C/C=C\CCCCCCCCCCCCCCCCCC(=O)OC(COC(=O)CCCCCCCCCCCCC)COP(=O)([O-])OCC[N+](C)(C)C. The molecule has 0 aromatic rings. The number of phosphoric ester groups is 1. The van der Waals surface area contributed by atoms with Crippen LogP contribution in [0.25, 0.3) is 0 Å². The van der Waals surface area contributed by atoms with Gasteiger partial charge >= 0.3 is 11.9 Å². The van der Waals surface area contributed by atoms with Gasteiger partial charge in [0, 0.05) is 12.8 Å². The molecule has 0 N–H and O–H groups in total. The van der Waals surface area contributed by atoms with E-state index in [4.69, 9.17) is 18.5 Å². The standard InChI is InChI=1S/C52H100NO8P/c1-6-8-10-12-14-16-18-19-20-21-22-23-24-25-26-27-28-29-30-31-32-33-35-37-39-41-43-45-52(55)61-50(49-60-62(56,57)59-47-46-53(3,4)5)48-58-51(54)44-42-40-38-36-34-17-15-13-11-9-7-2/h18-19,21-22,50H,6-17,20,23-49H2,1-5H3/b19-18-,22-21-. The molecule has 9 nitrogen and oxygen atoms in total. The summed E-state index contributed by atoms with van der Waals surface area (Å²) in [6.07, 6.45) is 50.8. The summed E-state index contributed by atoms with van der Waals surface area (Å²) in [7, 11) is 1.18. The molecule has 0 aliphatic rings. The van der Waals surface area contributed by atoms with Crippen LogP contribution in [0.3, 0.4) is 0 Å². The number of rotatable bonds is 48. The number of nitrogens with zero attached hydrogens (tertiary/aromatic N) is 1. The third-order valence-electron chi connectivity index (χ3n) is 11.5. The number of hydrogen-bond donors (Lipinski definition) is 0. The first-order chi connectivity index (χ1) is 30.0. The maximum Gasteiger partial charge on any atom is 0.306 e. The molecule has 0 aliphatic carbocycles. The van der Waals surface area contributed by atoms with Crippen LogP contribution in [0.15, 0.2) is 24.3 Å². The first kappa shape index (κ1) is 60.5. The van der Waals surface area contributed by atoms with Crippen LogP contribution >= 0.6 is 7.82 Å². The van der Waals surface area contributed by atoms with Gasteiger partial charge in [0.15, 0.2) is 6.10 Å².